The number of amides is 3. The smallest absolute Gasteiger partial charge is 0.232 e. The highest BCUT2D eigenvalue weighted by Gasteiger charge is 2.40. The fourth-order valence-corrected chi connectivity index (χ4v) is 8.57. The van der Waals surface area contributed by atoms with E-state index in [1.807, 2.05) is 182 Å². The van der Waals surface area contributed by atoms with Crippen LogP contribution in [-0.4, -0.2) is 67.7 Å². The molecule has 0 bridgehead atoms. The Kier molecular flexibility index (Phi) is 13.9. The van der Waals surface area contributed by atoms with Crippen molar-refractivity contribution in [2.45, 2.75) is 196 Å². The molecule has 9 heteroatoms. The van der Waals surface area contributed by atoms with Gasteiger partial charge in [0.25, 0.3) is 0 Å². The quantitative estimate of drug-likeness (QED) is 0.227. The summed E-state index contributed by atoms with van der Waals surface area (Å²) in [5, 5.41) is 34.5. The van der Waals surface area contributed by atoms with Gasteiger partial charge in [0.05, 0.1) is 37.8 Å². The second-order valence-corrected chi connectivity index (χ2v) is 24.6. The van der Waals surface area contributed by atoms with E-state index in [0.717, 1.165) is 50.1 Å². The molecule has 3 N–H and O–H groups in total. The predicted molar refractivity (Wildman–Crippen MR) is 257 cm³/mol. The number of phenols is 3. The minimum atomic E-state index is -0.670. The van der Waals surface area contributed by atoms with Gasteiger partial charge in [-0.05, 0) is 103 Å². The van der Waals surface area contributed by atoms with Gasteiger partial charge in [0, 0.05) is 0 Å². The van der Waals surface area contributed by atoms with Crippen LogP contribution in [-0.2, 0) is 46.9 Å². The number of hydrogen-bond donors (Lipinski definition) is 3. The van der Waals surface area contributed by atoms with Crippen molar-refractivity contribution < 1.29 is 29.7 Å². The molecule has 0 aliphatic carbocycles. The molecule has 0 radical (unpaired) electrons. The lowest BCUT2D eigenvalue weighted by molar-refractivity contribution is -0.160. The Bertz CT molecular complexity index is 1870. The molecule has 1 saturated heterocycles. The summed E-state index contributed by atoms with van der Waals surface area (Å²) in [6.45, 7) is 42.2. The molecule has 1 fully saturated rings. The molecule has 348 valence electrons. The molecule has 3 amide bonds. The lowest BCUT2D eigenvalue weighted by Crippen LogP contribution is -2.61. The maximum Gasteiger partial charge on any atom is 0.232 e. The Hall–Kier alpha value is -4.53. The van der Waals surface area contributed by atoms with E-state index in [2.05, 4.69) is 0 Å². The molecular weight excluding hydrogens is 787 g/mol. The van der Waals surface area contributed by atoms with E-state index in [0.29, 0.717) is 0 Å². The van der Waals surface area contributed by atoms with Gasteiger partial charge in [-0.25, -0.2) is 0 Å². The van der Waals surface area contributed by atoms with Crippen LogP contribution < -0.4 is 0 Å². The largest absolute Gasteiger partial charge is 0.507 e. The fourth-order valence-electron chi connectivity index (χ4n) is 8.57. The monoisotopic (exact) mass is 868 g/mol. The number of phenolic OH excluding ortho intramolecular Hbond substituents is 3. The van der Waals surface area contributed by atoms with E-state index >= 15 is 0 Å². The van der Waals surface area contributed by atoms with Gasteiger partial charge in [0.15, 0.2) is 0 Å². The average Bonchev–Trinajstić information content (AvgIpc) is 3.13. The Balaban J connectivity index is 1.87. The number of carbonyl (C=O) groups excluding carboxylic acids is 3. The molecule has 3 aromatic carbocycles. The minimum Gasteiger partial charge on any atom is -0.507 e. The first-order valence-corrected chi connectivity index (χ1v) is 22.8. The van der Waals surface area contributed by atoms with E-state index in [4.69, 9.17) is 0 Å². The Morgan fingerprint density at radius 2 is 0.508 bits per heavy atom. The third-order valence-electron chi connectivity index (χ3n) is 12.8. The molecule has 9 nitrogen and oxygen atoms in total. The molecule has 1 heterocycles. The van der Waals surface area contributed by atoms with Gasteiger partial charge in [-0.15, -0.1) is 0 Å². The van der Waals surface area contributed by atoms with E-state index in [-0.39, 0.29) is 55.0 Å². The Labute approximate surface area is 380 Å². The topological polar surface area (TPSA) is 122 Å². The lowest BCUT2D eigenvalue weighted by Gasteiger charge is -2.44. The summed E-state index contributed by atoms with van der Waals surface area (Å²) >= 11 is 0. The van der Waals surface area contributed by atoms with Crippen molar-refractivity contribution in [1.29, 1.82) is 0 Å². The molecule has 3 atom stereocenters. The van der Waals surface area contributed by atoms with Crippen LogP contribution in [0, 0.1) is 0 Å². The first-order chi connectivity index (χ1) is 28.3. The van der Waals surface area contributed by atoms with Gasteiger partial charge < -0.3 is 30.0 Å². The third kappa shape index (κ3) is 10.9. The van der Waals surface area contributed by atoms with Crippen LogP contribution in [0.15, 0.2) is 36.4 Å². The van der Waals surface area contributed by atoms with Crippen LogP contribution in [0.3, 0.4) is 0 Å². The number of benzene rings is 3. The number of carbonyl (C=O) groups is 3. The van der Waals surface area contributed by atoms with Crippen LogP contribution in [0.5, 0.6) is 17.2 Å². The first-order valence-electron chi connectivity index (χ1n) is 22.8. The van der Waals surface area contributed by atoms with Crippen LogP contribution >= 0.6 is 0 Å². The maximum absolute atomic E-state index is 14.9. The van der Waals surface area contributed by atoms with Crippen molar-refractivity contribution in [3.63, 3.8) is 0 Å². The highest BCUT2D eigenvalue weighted by molar-refractivity contribution is 5.89. The summed E-state index contributed by atoms with van der Waals surface area (Å²) in [6.07, 6.45) is 0. The number of nitrogens with zero attached hydrogens (tertiary/aromatic N) is 3. The third-order valence-corrected chi connectivity index (χ3v) is 12.8. The normalized spacial score (nSPS) is 16.2. The zero-order valence-corrected chi connectivity index (χ0v) is 42.7. The summed E-state index contributed by atoms with van der Waals surface area (Å²) in [5.41, 5.74) is 4.27. The van der Waals surface area contributed by atoms with Crippen LogP contribution in [0.25, 0.3) is 0 Å². The molecule has 63 heavy (non-hydrogen) atoms. The molecule has 0 spiro atoms. The van der Waals surface area contributed by atoms with Crippen LogP contribution in [0.1, 0.15) is 213 Å². The van der Waals surface area contributed by atoms with Gasteiger partial charge in [-0.3, -0.25) is 14.4 Å². The summed E-state index contributed by atoms with van der Waals surface area (Å²) in [5.74, 6) is -2.08. The zero-order valence-electron chi connectivity index (χ0n) is 42.7. The lowest BCUT2D eigenvalue weighted by atomic mass is 9.77. The van der Waals surface area contributed by atoms with Crippen molar-refractivity contribution in [2.75, 3.05) is 20.0 Å². The zero-order chi connectivity index (χ0) is 48.5. The molecule has 1 aliphatic heterocycles. The van der Waals surface area contributed by atoms with Gasteiger partial charge in [0.2, 0.25) is 17.7 Å². The predicted octanol–water partition coefficient (Wildman–Crippen LogP) is 11.7. The van der Waals surface area contributed by atoms with Gasteiger partial charge in [-0.1, -0.05) is 161 Å². The standard InChI is InChI=1S/C54H81N3O6/c1-31(34-22-37(49(4,5)6)43(58)38(23-34)50(7,8)9)46(61)55-28-56(47(62)32(2)35-24-39(51(10,11)12)44(59)40(25-35)52(13,14)15)30-57(29-55)48(63)33(3)36-26-41(53(16,17)18)45(60)42(27-36)54(19,20)21/h22-27,31-33,58-60H,28-30H2,1-21H3. The van der Waals surface area contributed by atoms with Crippen molar-refractivity contribution >= 4 is 17.7 Å². The highest BCUT2D eigenvalue weighted by Crippen LogP contribution is 2.45. The van der Waals surface area contributed by atoms with Gasteiger partial charge >= 0.3 is 0 Å². The average molecular weight is 868 g/mol. The molecule has 0 aromatic heterocycles. The van der Waals surface area contributed by atoms with E-state index in [1.165, 1.54) is 0 Å². The van der Waals surface area contributed by atoms with E-state index in [9.17, 15) is 29.7 Å². The van der Waals surface area contributed by atoms with Crippen molar-refractivity contribution in [3.05, 3.63) is 86.5 Å². The van der Waals surface area contributed by atoms with Gasteiger partial charge in [0.1, 0.15) is 17.2 Å². The van der Waals surface area contributed by atoms with Crippen molar-refractivity contribution in [2.24, 2.45) is 0 Å². The second kappa shape index (κ2) is 17.1. The molecule has 1 aliphatic rings. The summed E-state index contributed by atoms with van der Waals surface area (Å²) in [6, 6.07) is 11.5. The minimum absolute atomic E-state index is 0.0290. The number of hydrogen-bond acceptors (Lipinski definition) is 6. The maximum atomic E-state index is 14.9. The summed E-state index contributed by atoms with van der Waals surface area (Å²) in [7, 11) is 0. The van der Waals surface area contributed by atoms with Crippen molar-refractivity contribution in [3.8, 4) is 17.2 Å². The van der Waals surface area contributed by atoms with E-state index < -0.39 is 50.2 Å². The molecule has 3 unspecified atom stereocenters. The first kappa shape index (κ1) is 51.1. The molecule has 0 saturated carbocycles. The fraction of sp³-hybridized carbons (Fsp3) is 0.611. The van der Waals surface area contributed by atoms with Gasteiger partial charge in [-0.2, -0.15) is 0 Å². The van der Waals surface area contributed by atoms with Crippen LogP contribution in [0.2, 0.25) is 0 Å². The van der Waals surface area contributed by atoms with Crippen molar-refractivity contribution in [1.82, 2.24) is 14.7 Å². The Morgan fingerprint density at radius 3 is 0.635 bits per heavy atom. The summed E-state index contributed by atoms with van der Waals surface area (Å²) < 4.78 is 0. The molecule has 3 aromatic rings. The number of aromatic hydroxyl groups is 3. The summed E-state index contributed by atoms with van der Waals surface area (Å²) in [4.78, 5) is 49.6. The van der Waals surface area contributed by atoms with E-state index in [1.54, 1.807) is 14.7 Å². The molecular formula is C54H81N3O6. The number of rotatable bonds is 6. The highest BCUT2D eigenvalue weighted by atomic mass is 16.3. The molecule has 4 rings (SSSR count). The van der Waals surface area contributed by atoms with Crippen LogP contribution in [0.4, 0.5) is 0 Å². The Morgan fingerprint density at radius 1 is 0.365 bits per heavy atom. The SMILES string of the molecule is CC(C(=O)N1CN(C(=O)C(C)c2cc(C(C)(C)C)c(O)c(C(C)(C)C)c2)CN(C(=O)C(C)c2cc(C(C)(C)C)c(O)c(C(C)(C)C)c2)C1)c1cc(C(C)(C)C)c(O)c(C(C)(C)C)c1. The second-order valence-electron chi connectivity index (χ2n) is 24.6.